The zero-order chi connectivity index (χ0) is 20.8. The Hall–Kier alpha value is -2.10. The van der Waals surface area contributed by atoms with E-state index in [0.29, 0.717) is 37.6 Å². The van der Waals surface area contributed by atoms with Gasteiger partial charge in [0.1, 0.15) is 12.4 Å². The summed E-state index contributed by atoms with van der Waals surface area (Å²) >= 11 is 3.03. The monoisotopic (exact) mass is 474 g/mol. The molecule has 1 aromatic heterocycles. The molecular formula is C19H19BrF4N4O. The van der Waals surface area contributed by atoms with Gasteiger partial charge >= 0.3 is 6.18 Å². The van der Waals surface area contributed by atoms with Crippen LogP contribution in [0.25, 0.3) is 0 Å². The van der Waals surface area contributed by atoms with Gasteiger partial charge in [0.15, 0.2) is 5.69 Å². The van der Waals surface area contributed by atoms with Gasteiger partial charge in [0.2, 0.25) is 5.91 Å². The number of anilines is 1. The Morgan fingerprint density at radius 2 is 1.79 bits per heavy atom. The molecule has 1 saturated carbocycles. The first kappa shape index (κ1) is 20.2. The first-order valence-corrected chi connectivity index (χ1v) is 10.2. The number of alkyl halides is 3. The standard InChI is InChI=1S/C19H19BrF4N4O/c20-16-17(12-5-6-12)28(25-18(16)19(22,23)24)11-15(29)27-9-7-26(8-10-27)14-4-2-1-3-13(14)21/h1-4,12H,5-11H2. The van der Waals surface area contributed by atoms with E-state index in [9.17, 15) is 22.4 Å². The average Bonchev–Trinajstić information content (AvgIpc) is 3.45. The molecule has 2 aliphatic rings. The number of nitrogens with zero attached hydrogens (tertiary/aromatic N) is 4. The summed E-state index contributed by atoms with van der Waals surface area (Å²) in [5.41, 5.74) is -0.0614. The van der Waals surface area contributed by atoms with Crippen LogP contribution in [0.3, 0.4) is 0 Å². The molecule has 0 N–H and O–H groups in total. The largest absolute Gasteiger partial charge is 0.436 e. The summed E-state index contributed by atoms with van der Waals surface area (Å²) < 4.78 is 54.7. The van der Waals surface area contributed by atoms with Crippen molar-refractivity contribution >= 4 is 27.5 Å². The predicted octanol–water partition coefficient (Wildman–Crippen LogP) is 4.03. The molecule has 1 aliphatic heterocycles. The van der Waals surface area contributed by atoms with Crippen LogP contribution in [0, 0.1) is 5.82 Å². The first-order chi connectivity index (χ1) is 13.8. The highest BCUT2D eigenvalue weighted by atomic mass is 79.9. The molecule has 1 aromatic carbocycles. The Kier molecular flexibility index (Phi) is 5.30. The number of amides is 1. The number of hydrogen-bond acceptors (Lipinski definition) is 3. The molecule has 1 saturated heterocycles. The number of para-hydroxylation sites is 1. The highest BCUT2D eigenvalue weighted by molar-refractivity contribution is 9.10. The number of carbonyl (C=O) groups excluding carboxylic acids is 1. The van der Waals surface area contributed by atoms with Crippen molar-refractivity contribution in [2.75, 3.05) is 31.1 Å². The van der Waals surface area contributed by atoms with Crippen molar-refractivity contribution in [3.05, 3.63) is 45.9 Å². The summed E-state index contributed by atoms with van der Waals surface area (Å²) in [6, 6.07) is 6.45. The number of halogens is 5. The molecule has 10 heteroatoms. The quantitative estimate of drug-likeness (QED) is 0.628. The van der Waals surface area contributed by atoms with Crippen molar-refractivity contribution in [2.24, 2.45) is 0 Å². The minimum atomic E-state index is -4.58. The van der Waals surface area contributed by atoms with E-state index >= 15 is 0 Å². The Labute approximate surface area is 173 Å². The molecule has 2 heterocycles. The molecule has 1 amide bonds. The zero-order valence-electron chi connectivity index (χ0n) is 15.4. The van der Waals surface area contributed by atoms with Crippen LogP contribution in [0.5, 0.6) is 0 Å². The molecule has 2 fully saturated rings. The fourth-order valence-corrected chi connectivity index (χ4v) is 4.47. The third-order valence-electron chi connectivity index (χ3n) is 5.27. The lowest BCUT2D eigenvalue weighted by Gasteiger charge is -2.36. The van der Waals surface area contributed by atoms with Crippen molar-refractivity contribution in [1.82, 2.24) is 14.7 Å². The Balaban J connectivity index is 1.45. The number of aromatic nitrogens is 2. The summed E-state index contributed by atoms with van der Waals surface area (Å²) in [6.45, 7) is 1.43. The summed E-state index contributed by atoms with van der Waals surface area (Å²) in [6.07, 6.45) is -3.00. The maximum Gasteiger partial charge on any atom is 0.436 e. The van der Waals surface area contributed by atoms with E-state index < -0.39 is 11.9 Å². The van der Waals surface area contributed by atoms with Gasteiger partial charge in [-0.05, 0) is 40.9 Å². The van der Waals surface area contributed by atoms with Crippen molar-refractivity contribution in [3.8, 4) is 0 Å². The van der Waals surface area contributed by atoms with Crippen LogP contribution in [-0.2, 0) is 17.5 Å². The van der Waals surface area contributed by atoms with Gasteiger partial charge < -0.3 is 9.80 Å². The van der Waals surface area contributed by atoms with Gasteiger partial charge in [-0.2, -0.15) is 18.3 Å². The molecule has 0 unspecified atom stereocenters. The molecule has 156 valence electrons. The summed E-state index contributed by atoms with van der Waals surface area (Å²) in [5, 5.41) is 3.69. The average molecular weight is 475 g/mol. The van der Waals surface area contributed by atoms with Crippen LogP contribution in [-0.4, -0.2) is 46.8 Å². The van der Waals surface area contributed by atoms with Crippen LogP contribution in [0.4, 0.5) is 23.2 Å². The van der Waals surface area contributed by atoms with E-state index in [1.807, 2.05) is 4.90 Å². The van der Waals surface area contributed by atoms with E-state index in [1.165, 1.54) is 10.7 Å². The smallest absolute Gasteiger partial charge is 0.366 e. The molecule has 29 heavy (non-hydrogen) atoms. The second-order valence-corrected chi connectivity index (χ2v) is 8.09. The fourth-order valence-electron chi connectivity index (χ4n) is 3.63. The zero-order valence-corrected chi connectivity index (χ0v) is 17.0. The highest BCUT2D eigenvalue weighted by Gasteiger charge is 2.42. The van der Waals surface area contributed by atoms with Gasteiger partial charge in [-0.25, -0.2) is 4.39 Å². The van der Waals surface area contributed by atoms with E-state index in [1.54, 1.807) is 23.1 Å². The predicted molar refractivity (Wildman–Crippen MR) is 102 cm³/mol. The number of hydrogen-bond donors (Lipinski definition) is 0. The van der Waals surface area contributed by atoms with E-state index in [0.717, 1.165) is 12.8 Å². The third kappa shape index (κ3) is 4.12. The van der Waals surface area contributed by atoms with Crippen molar-refractivity contribution in [2.45, 2.75) is 31.5 Å². The SMILES string of the molecule is O=C(Cn1nc(C(F)(F)F)c(Br)c1C1CC1)N1CCN(c2ccccc2F)CC1. The first-order valence-electron chi connectivity index (χ1n) is 9.36. The maximum atomic E-state index is 13.9. The van der Waals surface area contributed by atoms with Crippen LogP contribution in [0.2, 0.25) is 0 Å². The van der Waals surface area contributed by atoms with E-state index in [4.69, 9.17) is 0 Å². The van der Waals surface area contributed by atoms with E-state index in [-0.39, 0.29) is 28.7 Å². The Morgan fingerprint density at radius 3 is 2.38 bits per heavy atom. The van der Waals surface area contributed by atoms with Crippen molar-refractivity contribution in [1.29, 1.82) is 0 Å². The van der Waals surface area contributed by atoms with Gasteiger partial charge in [0.25, 0.3) is 0 Å². The lowest BCUT2D eigenvalue weighted by atomic mass is 10.2. The Morgan fingerprint density at radius 1 is 1.14 bits per heavy atom. The van der Waals surface area contributed by atoms with Crippen molar-refractivity contribution < 1.29 is 22.4 Å². The van der Waals surface area contributed by atoms with Crippen LogP contribution in [0.1, 0.15) is 30.1 Å². The number of piperazine rings is 1. The molecule has 4 rings (SSSR count). The van der Waals surface area contributed by atoms with Gasteiger partial charge in [0.05, 0.1) is 15.9 Å². The van der Waals surface area contributed by atoms with Gasteiger partial charge in [-0.15, -0.1) is 0 Å². The van der Waals surface area contributed by atoms with Crippen molar-refractivity contribution in [3.63, 3.8) is 0 Å². The van der Waals surface area contributed by atoms with Gasteiger partial charge in [0, 0.05) is 32.1 Å². The molecule has 0 atom stereocenters. The highest BCUT2D eigenvalue weighted by Crippen LogP contribution is 2.47. The lowest BCUT2D eigenvalue weighted by molar-refractivity contribution is -0.142. The number of benzene rings is 1. The van der Waals surface area contributed by atoms with Gasteiger partial charge in [-0.1, -0.05) is 12.1 Å². The summed E-state index contributed by atoms with van der Waals surface area (Å²) in [7, 11) is 0. The molecule has 2 aromatic rings. The Bertz CT molecular complexity index is 917. The molecule has 0 bridgehead atoms. The van der Waals surface area contributed by atoms with Crippen LogP contribution < -0.4 is 4.90 Å². The molecular weight excluding hydrogens is 456 g/mol. The molecule has 0 radical (unpaired) electrons. The lowest BCUT2D eigenvalue weighted by Crippen LogP contribution is -2.50. The fraction of sp³-hybridized carbons (Fsp3) is 0.474. The van der Waals surface area contributed by atoms with Crippen LogP contribution in [0.15, 0.2) is 28.7 Å². The molecule has 0 spiro atoms. The van der Waals surface area contributed by atoms with E-state index in [2.05, 4.69) is 21.0 Å². The number of rotatable bonds is 4. The van der Waals surface area contributed by atoms with Gasteiger partial charge in [-0.3, -0.25) is 9.48 Å². The summed E-state index contributed by atoms with van der Waals surface area (Å²) in [5.74, 6) is -0.607. The molecule has 5 nitrogen and oxygen atoms in total. The van der Waals surface area contributed by atoms with Crippen LogP contribution >= 0.6 is 15.9 Å². The molecule has 1 aliphatic carbocycles. The second kappa shape index (κ2) is 7.62. The third-order valence-corrected chi connectivity index (χ3v) is 6.06. The minimum absolute atomic E-state index is 0.00122. The summed E-state index contributed by atoms with van der Waals surface area (Å²) in [4.78, 5) is 16.2. The number of carbonyl (C=O) groups is 1. The maximum absolute atomic E-state index is 13.9. The topological polar surface area (TPSA) is 41.4 Å². The minimum Gasteiger partial charge on any atom is -0.366 e. The normalized spacial score (nSPS) is 17.7. The second-order valence-electron chi connectivity index (χ2n) is 7.30.